The van der Waals surface area contributed by atoms with E-state index < -0.39 is 4.92 Å². The molecule has 2 rings (SSSR count). The van der Waals surface area contributed by atoms with Crippen LogP contribution < -0.4 is 5.32 Å². The molecule has 0 aliphatic rings. The zero-order valence-corrected chi connectivity index (χ0v) is 11.8. The lowest BCUT2D eigenvalue weighted by Gasteiger charge is -2.05. The number of thiophene rings is 1. The molecule has 1 amide bonds. The summed E-state index contributed by atoms with van der Waals surface area (Å²) >= 11 is 1.61. The fourth-order valence-electron chi connectivity index (χ4n) is 1.80. The second kappa shape index (κ2) is 6.29. The van der Waals surface area contributed by atoms with E-state index >= 15 is 0 Å². The van der Waals surface area contributed by atoms with Crippen molar-refractivity contribution in [1.82, 2.24) is 5.32 Å². The fraction of sp³-hybridized carbons (Fsp3) is 0.214. The van der Waals surface area contributed by atoms with E-state index in [9.17, 15) is 14.9 Å². The highest BCUT2D eigenvalue weighted by atomic mass is 32.1. The third-order valence-corrected chi connectivity index (χ3v) is 3.68. The first-order chi connectivity index (χ1) is 9.58. The molecule has 1 aromatic heterocycles. The van der Waals surface area contributed by atoms with Crippen LogP contribution in [0.2, 0.25) is 0 Å². The molecule has 1 aromatic carbocycles. The van der Waals surface area contributed by atoms with Gasteiger partial charge in [0.2, 0.25) is 0 Å². The molecule has 2 aromatic rings. The quantitative estimate of drug-likeness (QED) is 0.679. The number of rotatable bonds is 5. The Morgan fingerprint density at radius 2 is 2.20 bits per heavy atom. The van der Waals surface area contributed by atoms with Gasteiger partial charge < -0.3 is 5.32 Å². The van der Waals surface area contributed by atoms with Gasteiger partial charge in [-0.05, 0) is 41.8 Å². The highest BCUT2D eigenvalue weighted by Crippen LogP contribution is 2.19. The topological polar surface area (TPSA) is 72.2 Å². The monoisotopic (exact) mass is 290 g/mol. The van der Waals surface area contributed by atoms with Gasteiger partial charge in [-0.25, -0.2) is 0 Å². The lowest BCUT2D eigenvalue weighted by Crippen LogP contribution is -2.25. The number of hydrogen-bond donors (Lipinski definition) is 1. The number of carbonyl (C=O) groups is 1. The Bertz CT molecular complexity index is 623. The molecule has 0 fully saturated rings. The zero-order chi connectivity index (χ0) is 14.5. The number of nitrogens with zero attached hydrogens (tertiary/aromatic N) is 1. The number of nitro benzene ring substituents is 1. The summed E-state index contributed by atoms with van der Waals surface area (Å²) in [7, 11) is 0. The van der Waals surface area contributed by atoms with Crippen molar-refractivity contribution in [3.63, 3.8) is 0 Å². The standard InChI is InChI=1S/C14H14N2O3S/c1-10-2-3-12(8-13(10)16(18)19)14(17)15-6-4-11-5-7-20-9-11/h2-3,5,7-9H,4,6H2,1H3,(H,15,17). The van der Waals surface area contributed by atoms with Crippen molar-refractivity contribution in [1.29, 1.82) is 0 Å². The second-order valence-corrected chi connectivity index (χ2v) is 5.18. The van der Waals surface area contributed by atoms with Crippen LogP contribution in [-0.4, -0.2) is 17.4 Å². The first-order valence-corrected chi connectivity index (χ1v) is 7.06. The van der Waals surface area contributed by atoms with Crippen LogP contribution in [0.25, 0.3) is 0 Å². The first-order valence-electron chi connectivity index (χ1n) is 6.12. The lowest BCUT2D eigenvalue weighted by atomic mass is 10.1. The summed E-state index contributed by atoms with van der Waals surface area (Å²) in [4.78, 5) is 22.3. The van der Waals surface area contributed by atoms with Crippen molar-refractivity contribution in [2.45, 2.75) is 13.3 Å². The minimum atomic E-state index is -0.475. The van der Waals surface area contributed by atoms with Gasteiger partial charge in [0.15, 0.2) is 0 Å². The Morgan fingerprint density at radius 1 is 1.40 bits per heavy atom. The van der Waals surface area contributed by atoms with Gasteiger partial charge in [-0.15, -0.1) is 0 Å². The number of nitro groups is 1. The first kappa shape index (κ1) is 14.2. The summed E-state index contributed by atoms with van der Waals surface area (Å²) < 4.78 is 0. The van der Waals surface area contributed by atoms with Crippen LogP contribution in [0.3, 0.4) is 0 Å². The van der Waals surface area contributed by atoms with E-state index in [4.69, 9.17) is 0 Å². The number of amides is 1. The van der Waals surface area contributed by atoms with Crippen LogP contribution in [-0.2, 0) is 6.42 Å². The van der Waals surface area contributed by atoms with E-state index in [0.717, 1.165) is 6.42 Å². The van der Waals surface area contributed by atoms with Gasteiger partial charge in [-0.1, -0.05) is 6.07 Å². The van der Waals surface area contributed by atoms with Gasteiger partial charge in [0, 0.05) is 23.7 Å². The van der Waals surface area contributed by atoms with E-state index in [1.807, 2.05) is 16.8 Å². The normalized spacial score (nSPS) is 10.2. The molecule has 0 aliphatic carbocycles. The maximum absolute atomic E-state index is 11.9. The van der Waals surface area contributed by atoms with Gasteiger partial charge in [-0.3, -0.25) is 14.9 Å². The van der Waals surface area contributed by atoms with Crippen molar-refractivity contribution >= 4 is 22.9 Å². The van der Waals surface area contributed by atoms with Crippen LogP contribution in [0, 0.1) is 17.0 Å². The average Bonchev–Trinajstić information content (AvgIpc) is 2.92. The minimum absolute atomic E-state index is 0.0320. The van der Waals surface area contributed by atoms with Crippen LogP contribution in [0.5, 0.6) is 0 Å². The molecule has 0 spiro atoms. The van der Waals surface area contributed by atoms with Crippen molar-refractivity contribution in [3.05, 3.63) is 61.8 Å². The molecule has 5 nitrogen and oxygen atoms in total. The molecule has 104 valence electrons. The lowest BCUT2D eigenvalue weighted by molar-refractivity contribution is -0.385. The largest absolute Gasteiger partial charge is 0.352 e. The Labute approximate surface area is 120 Å². The van der Waals surface area contributed by atoms with E-state index in [-0.39, 0.29) is 11.6 Å². The van der Waals surface area contributed by atoms with Crippen LogP contribution in [0.4, 0.5) is 5.69 Å². The molecular formula is C14H14N2O3S. The number of nitrogens with one attached hydrogen (secondary N) is 1. The maximum atomic E-state index is 11.9. The highest BCUT2D eigenvalue weighted by molar-refractivity contribution is 7.07. The third kappa shape index (κ3) is 3.42. The summed E-state index contributed by atoms with van der Waals surface area (Å²) in [5.41, 5.74) is 2.00. The average molecular weight is 290 g/mol. The summed E-state index contributed by atoms with van der Waals surface area (Å²) in [5.74, 6) is -0.289. The Balaban J connectivity index is 1.98. The molecule has 0 aliphatic heterocycles. The molecule has 6 heteroatoms. The third-order valence-electron chi connectivity index (χ3n) is 2.95. The molecule has 0 atom stereocenters. The van der Waals surface area contributed by atoms with Gasteiger partial charge >= 0.3 is 0 Å². The molecule has 0 saturated carbocycles. The number of hydrogen-bond acceptors (Lipinski definition) is 4. The Hall–Kier alpha value is -2.21. The summed E-state index contributed by atoms with van der Waals surface area (Å²) in [6.07, 6.45) is 0.753. The van der Waals surface area contributed by atoms with Crippen LogP contribution in [0.15, 0.2) is 35.0 Å². The SMILES string of the molecule is Cc1ccc(C(=O)NCCc2ccsc2)cc1[N+](=O)[O-]. The van der Waals surface area contributed by atoms with E-state index in [1.165, 1.54) is 11.6 Å². The summed E-state index contributed by atoms with van der Waals surface area (Å²) in [6.45, 7) is 2.16. The predicted octanol–water partition coefficient (Wildman–Crippen LogP) is 2.94. The minimum Gasteiger partial charge on any atom is -0.352 e. The molecule has 0 saturated heterocycles. The summed E-state index contributed by atoms with van der Waals surface area (Å²) in [6, 6.07) is 6.51. The molecule has 1 N–H and O–H groups in total. The number of aryl methyl sites for hydroxylation is 1. The van der Waals surface area contributed by atoms with E-state index in [2.05, 4.69) is 5.32 Å². The smallest absolute Gasteiger partial charge is 0.273 e. The van der Waals surface area contributed by atoms with Crippen molar-refractivity contribution in [3.8, 4) is 0 Å². The van der Waals surface area contributed by atoms with Gasteiger partial charge in [0.1, 0.15) is 0 Å². The van der Waals surface area contributed by atoms with Crippen molar-refractivity contribution in [2.24, 2.45) is 0 Å². The van der Waals surface area contributed by atoms with Crippen LogP contribution in [0.1, 0.15) is 21.5 Å². The Kier molecular flexibility index (Phi) is 4.47. The maximum Gasteiger partial charge on any atom is 0.273 e. The molecule has 0 radical (unpaired) electrons. The molecular weight excluding hydrogens is 276 g/mol. The Morgan fingerprint density at radius 3 is 2.85 bits per heavy atom. The van der Waals surface area contributed by atoms with Crippen molar-refractivity contribution < 1.29 is 9.72 Å². The highest BCUT2D eigenvalue weighted by Gasteiger charge is 2.14. The fourth-order valence-corrected chi connectivity index (χ4v) is 2.51. The zero-order valence-electron chi connectivity index (χ0n) is 11.0. The van der Waals surface area contributed by atoms with Crippen molar-refractivity contribution in [2.75, 3.05) is 6.54 Å². The molecule has 1 heterocycles. The molecule has 0 bridgehead atoms. The predicted molar refractivity (Wildman–Crippen MR) is 78.2 cm³/mol. The number of carbonyl (C=O) groups excluding carboxylic acids is 1. The molecule has 20 heavy (non-hydrogen) atoms. The van der Waals surface area contributed by atoms with Gasteiger partial charge in [-0.2, -0.15) is 11.3 Å². The van der Waals surface area contributed by atoms with E-state index in [0.29, 0.717) is 17.7 Å². The van der Waals surface area contributed by atoms with Gasteiger partial charge in [0.05, 0.1) is 4.92 Å². The molecule has 0 unspecified atom stereocenters. The van der Waals surface area contributed by atoms with Gasteiger partial charge in [0.25, 0.3) is 11.6 Å². The summed E-state index contributed by atoms with van der Waals surface area (Å²) in [5, 5.41) is 17.6. The van der Waals surface area contributed by atoms with E-state index in [1.54, 1.807) is 30.4 Å². The van der Waals surface area contributed by atoms with Crippen LogP contribution >= 0.6 is 11.3 Å². The number of benzene rings is 1. The second-order valence-electron chi connectivity index (χ2n) is 4.40.